The number of ether oxygens (including phenoxy) is 1. The summed E-state index contributed by atoms with van der Waals surface area (Å²) in [4.78, 5) is 49.8. The van der Waals surface area contributed by atoms with Gasteiger partial charge in [0.05, 0.1) is 12.3 Å². The number of carboxylic acid groups (broad SMARTS) is 1. The molecule has 0 aliphatic carbocycles. The van der Waals surface area contributed by atoms with Gasteiger partial charge in [-0.25, -0.2) is 8.78 Å². The molecule has 0 radical (unpaired) electrons. The molecule has 0 fully saturated rings. The molecule has 0 spiro atoms. The van der Waals surface area contributed by atoms with Gasteiger partial charge in [0.25, 0.3) is 0 Å². The first-order chi connectivity index (χ1) is 16.8. The molecule has 0 saturated heterocycles. The largest absolute Gasteiger partial charge is 0.481 e. The Morgan fingerprint density at radius 1 is 0.944 bits per heavy atom. The summed E-state index contributed by atoms with van der Waals surface area (Å²) >= 11 is 0. The van der Waals surface area contributed by atoms with Crippen LogP contribution >= 0.6 is 0 Å². The third-order valence-corrected chi connectivity index (χ3v) is 5.55. The zero-order chi connectivity index (χ0) is 27.2. The van der Waals surface area contributed by atoms with Crippen LogP contribution in [0.1, 0.15) is 37.6 Å². The van der Waals surface area contributed by atoms with Crippen LogP contribution in [-0.2, 0) is 14.4 Å². The first-order valence-electron chi connectivity index (χ1n) is 10.9. The molecule has 2 N–H and O–H groups in total. The minimum absolute atomic E-state index is 0.0449. The number of benzene rings is 2. The van der Waals surface area contributed by atoms with E-state index in [9.17, 15) is 36.7 Å². The van der Waals surface area contributed by atoms with Crippen LogP contribution in [0, 0.1) is 41.0 Å². The first-order valence-corrected chi connectivity index (χ1v) is 10.9. The third-order valence-electron chi connectivity index (χ3n) is 5.55. The maximum atomic E-state index is 13.8. The second kappa shape index (κ2) is 12.3. The molecule has 0 aromatic heterocycles. The number of ketones is 2. The van der Waals surface area contributed by atoms with E-state index < -0.39 is 83.5 Å². The molecule has 2 rings (SSSR count). The molecule has 2 aromatic carbocycles. The van der Waals surface area contributed by atoms with Crippen molar-refractivity contribution in [1.29, 1.82) is 0 Å². The number of hydrogen-bond donors (Lipinski definition) is 2. The van der Waals surface area contributed by atoms with Crippen molar-refractivity contribution in [2.75, 3.05) is 6.61 Å². The number of hydrogen-bond acceptors (Lipinski definition) is 5. The maximum absolute atomic E-state index is 13.8. The number of Topliss-reactive ketones (excluding diaryl/α,β-unsaturated/α-hetero) is 2. The minimum atomic E-state index is -1.88. The van der Waals surface area contributed by atoms with E-state index in [1.165, 1.54) is 6.92 Å². The molecule has 0 heterocycles. The lowest BCUT2D eigenvalue weighted by Gasteiger charge is -2.27. The zero-order valence-electron chi connectivity index (χ0n) is 19.7. The predicted molar refractivity (Wildman–Crippen MR) is 119 cm³/mol. The molecule has 3 atom stereocenters. The van der Waals surface area contributed by atoms with Crippen LogP contribution in [0.15, 0.2) is 36.4 Å². The molecule has 2 aromatic rings. The van der Waals surface area contributed by atoms with E-state index in [4.69, 9.17) is 5.11 Å². The van der Waals surface area contributed by atoms with Crippen LogP contribution in [0.3, 0.4) is 0 Å². The fourth-order valence-electron chi connectivity index (χ4n) is 3.75. The number of amides is 1. The summed E-state index contributed by atoms with van der Waals surface area (Å²) in [5, 5.41) is 11.4. The van der Waals surface area contributed by atoms with Crippen LogP contribution in [0.2, 0.25) is 0 Å². The second-order valence-corrected chi connectivity index (χ2v) is 8.50. The van der Waals surface area contributed by atoms with Crippen molar-refractivity contribution < 1.29 is 46.6 Å². The van der Waals surface area contributed by atoms with Crippen LogP contribution in [0.5, 0.6) is 5.75 Å². The highest BCUT2D eigenvalue weighted by molar-refractivity contribution is 6.01. The molecule has 194 valence electrons. The summed E-state index contributed by atoms with van der Waals surface area (Å²) in [7, 11) is 0. The zero-order valence-corrected chi connectivity index (χ0v) is 19.7. The fraction of sp³-hybridized carbons (Fsp3) is 0.360. The van der Waals surface area contributed by atoms with Crippen LogP contribution in [0.4, 0.5) is 17.6 Å². The standard InChI is InChI=1S/C25H25F4NO6/c1-12(2)20(13(3)23(34)14-7-5-4-6-8-14)25(35)30-17(10-19(32)33)18(31)11-36-24-21(28)15(26)9-16(27)22(24)29/h4-9,12-13,17,20H,10-11H2,1-3H3,(H,30,35)(H,32,33). The Morgan fingerprint density at radius 3 is 2.00 bits per heavy atom. The molecule has 0 aliphatic rings. The number of aliphatic carboxylic acids is 1. The second-order valence-electron chi connectivity index (χ2n) is 8.50. The van der Waals surface area contributed by atoms with E-state index in [2.05, 4.69) is 10.1 Å². The number of rotatable bonds is 12. The van der Waals surface area contributed by atoms with Gasteiger partial charge in [0.1, 0.15) is 12.6 Å². The maximum Gasteiger partial charge on any atom is 0.305 e. The van der Waals surface area contributed by atoms with Crippen LogP contribution in [0.25, 0.3) is 0 Å². The lowest BCUT2D eigenvalue weighted by molar-refractivity contribution is -0.141. The van der Waals surface area contributed by atoms with Crippen molar-refractivity contribution in [3.63, 3.8) is 0 Å². The number of halogens is 4. The van der Waals surface area contributed by atoms with Gasteiger partial charge < -0.3 is 15.2 Å². The highest BCUT2D eigenvalue weighted by Gasteiger charge is 2.36. The van der Waals surface area contributed by atoms with Gasteiger partial charge in [-0.2, -0.15) is 8.78 Å². The quantitative estimate of drug-likeness (QED) is 0.254. The van der Waals surface area contributed by atoms with Crippen molar-refractivity contribution in [1.82, 2.24) is 5.32 Å². The monoisotopic (exact) mass is 511 g/mol. The van der Waals surface area contributed by atoms with E-state index >= 15 is 0 Å². The van der Waals surface area contributed by atoms with E-state index in [0.717, 1.165) is 0 Å². The van der Waals surface area contributed by atoms with Crippen LogP contribution < -0.4 is 10.1 Å². The summed E-state index contributed by atoms with van der Waals surface area (Å²) in [6, 6.07) is 6.43. The van der Waals surface area contributed by atoms with Gasteiger partial charge in [0.2, 0.25) is 17.5 Å². The van der Waals surface area contributed by atoms with Crippen molar-refractivity contribution >= 4 is 23.4 Å². The molecule has 0 bridgehead atoms. The molecule has 1 amide bonds. The van der Waals surface area contributed by atoms with Gasteiger partial charge in [-0.05, 0) is 5.92 Å². The van der Waals surface area contributed by atoms with E-state index in [0.29, 0.717) is 5.56 Å². The number of carbonyl (C=O) groups is 4. The van der Waals surface area contributed by atoms with Gasteiger partial charge in [-0.3, -0.25) is 19.2 Å². The topological polar surface area (TPSA) is 110 Å². The summed E-state index contributed by atoms with van der Waals surface area (Å²) in [6.45, 7) is 3.67. The molecule has 7 nitrogen and oxygen atoms in total. The van der Waals surface area contributed by atoms with Crippen molar-refractivity contribution in [3.8, 4) is 5.75 Å². The van der Waals surface area contributed by atoms with Gasteiger partial charge >= 0.3 is 5.97 Å². The third kappa shape index (κ3) is 6.89. The molecular formula is C25H25F4NO6. The number of carbonyl (C=O) groups excluding carboxylic acids is 3. The van der Waals surface area contributed by atoms with Crippen LogP contribution in [-0.4, -0.2) is 41.2 Å². The van der Waals surface area contributed by atoms with Gasteiger partial charge in [-0.15, -0.1) is 0 Å². The van der Waals surface area contributed by atoms with Gasteiger partial charge in [0.15, 0.2) is 29.0 Å². The summed E-state index contributed by atoms with van der Waals surface area (Å²) in [6.07, 6.45) is -0.914. The number of nitrogens with one attached hydrogen (secondary N) is 1. The average Bonchev–Trinajstić information content (AvgIpc) is 2.81. The smallest absolute Gasteiger partial charge is 0.305 e. The van der Waals surface area contributed by atoms with E-state index in [1.54, 1.807) is 44.2 Å². The van der Waals surface area contributed by atoms with E-state index in [-0.39, 0.29) is 11.8 Å². The Morgan fingerprint density at radius 2 is 1.50 bits per heavy atom. The normalized spacial score (nSPS) is 13.6. The lowest BCUT2D eigenvalue weighted by atomic mass is 9.79. The summed E-state index contributed by atoms with van der Waals surface area (Å²) in [5.74, 6) is -14.7. The molecule has 0 saturated carbocycles. The van der Waals surface area contributed by atoms with Crippen molar-refractivity contribution in [2.45, 2.75) is 33.2 Å². The predicted octanol–water partition coefficient (Wildman–Crippen LogP) is 3.94. The Kier molecular flexibility index (Phi) is 9.71. The Labute approximate surface area is 204 Å². The van der Waals surface area contributed by atoms with Gasteiger partial charge in [-0.1, -0.05) is 51.1 Å². The summed E-state index contributed by atoms with van der Waals surface area (Å²) in [5.41, 5.74) is 0.362. The molecule has 0 aliphatic heterocycles. The highest BCUT2D eigenvalue weighted by Crippen LogP contribution is 2.27. The Balaban J connectivity index is 2.21. The van der Waals surface area contributed by atoms with E-state index in [1.807, 2.05) is 0 Å². The average molecular weight is 511 g/mol. The fourth-order valence-corrected chi connectivity index (χ4v) is 3.75. The SMILES string of the molecule is CC(C)C(C(=O)NC(CC(=O)O)C(=O)COc1c(F)c(F)cc(F)c1F)C(C)C(=O)c1ccccc1. The Hall–Kier alpha value is -3.76. The molecule has 36 heavy (non-hydrogen) atoms. The van der Waals surface area contributed by atoms with Crippen molar-refractivity contribution in [2.24, 2.45) is 17.8 Å². The number of carboxylic acids is 1. The molecular weight excluding hydrogens is 486 g/mol. The lowest BCUT2D eigenvalue weighted by Crippen LogP contribution is -2.49. The molecule has 3 unspecified atom stereocenters. The minimum Gasteiger partial charge on any atom is -0.481 e. The molecule has 11 heteroatoms. The van der Waals surface area contributed by atoms with Crippen molar-refractivity contribution in [3.05, 3.63) is 65.2 Å². The van der Waals surface area contributed by atoms with Gasteiger partial charge in [0, 0.05) is 17.5 Å². The first kappa shape index (κ1) is 28.5. The summed E-state index contributed by atoms with van der Waals surface area (Å²) < 4.78 is 58.9. The Bertz CT molecular complexity index is 1110. The highest BCUT2D eigenvalue weighted by atomic mass is 19.2.